The van der Waals surface area contributed by atoms with Gasteiger partial charge in [0.25, 0.3) is 0 Å². The van der Waals surface area contributed by atoms with Crippen LogP contribution in [0.3, 0.4) is 0 Å². The number of aromatic amines is 1. The van der Waals surface area contributed by atoms with Gasteiger partial charge in [-0.1, -0.05) is 0 Å². The fourth-order valence-electron chi connectivity index (χ4n) is 4.35. The molecule has 2 aromatic heterocycles. The molecule has 2 aromatic rings. The lowest BCUT2D eigenvalue weighted by atomic mass is 9.92. The molecule has 6 nitrogen and oxygen atoms in total. The quantitative estimate of drug-likeness (QED) is 0.863. The summed E-state index contributed by atoms with van der Waals surface area (Å²) >= 11 is 0. The van der Waals surface area contributed by atoms with Crippen molar-refractivity contribution in [3.05, 3.63) is 41.0 Å². The van der Waals surface area contributed by atoms with Crippen molar-refractivity contribution in [2.75, 3.05) is 26.2 Å². The average molecular weight is 355 g/mol. The van der Waals surface area contributed by atoms with Gasteiger partial charge >= 0.3 is 0 Å². The zero-order valence-electron chi connectivity index (χ0n) is 15.6. The van der Waals surface area contributed by atoms with E-state index in [1.807, 2.05) is 19.2 Å². The maximum Gasteiger partial charge on any atom is 0.138 e. The summed E-state index contributed by atoms with van der Waals surface area (Å²) < 4.78 is 0. The van der Waals surface area contributed by atoms with Crippen LogP contribution in [-0.2, 0) is 13.1 Å². The SMILES string of the molecule is Cc1ccc(O)c(CN2CCCC(c3[nH]ncc3CN3CCCC3)C2)n1. The Balaban J connectivity index is 1.44. The van der Waals surface area contributed by atoms with Crippen LogP contribution >= 0.6 is 0 Å². The van der Waals surface area contributed by atoms with Crippen molar-refractivity contribution in [2.24, 2.45) is 0 Å². The molecule has 2 aliphatic heterocycles. The Labute approximate surface area is 155 Å². The summed E-state index contributed by atoms with van der Waals surface area (Å²) in [6, 6.07) is 3.61. The lowest BCUT2D eigenvalue weighted by Gasteiger charge is -2.32. The average Bonchev–Trinajstić information content (AvgIpc) is 3.31. The molecular formula is C20H29N5O. The second-order valence-electron chi connectivity index (χ2n) is 7.78. The summed E-state index contributed by atoms with van der Waals surface area (Å²) in [6.45, 7) is 8.16. The topological polar surface area (TPSA) is 68.3 Å². The molecule has 2 saturated heterocycles. The molecule has 140 valence electrons. The summed E-state index contributed by atoms with van der Waals surface area (Å²) in [5, 5.41) is 17.7. The number of pyridine rings is 1. The first kappa shape index (κ1) is 17.5. The number of hydrogen-bond acceptors (Lipinski definition) is 5. The van der Waals surface area contributed by atoms with Crippen LogP contribution < -0.4 is 0 Å². The van der Waals surface area contributed by atoms with E-state index in [0.29, 0.717) is 18.2 Å². The molecule has 2 fully saturated rings. The predicted octanol–water partition coefficient (Wildman–Crippen LogP) is 2.79. The Hall–Kier alpha value is -1.92. The second kappa shape index (κ2) is 7.76. The van der Waals surface area contributed by atoms with E-state index < -0.39 is 0 Å². The zero-order valence-corrected chi connectivity index (χ0v) is 15.6. The van der Waals surface area contributed by atoms with Gasteiger partial charge in [0.05, 0.1) is 11.9 Å². The van der Waals surface area contributed by atoms with Crippen molar-refractivity contribution in [3.63, 3.8) is 0 Å². The number of likely N-dealkylation sites (tertiary alicyclic amines) is 2. The summed E-state index contributed by atoms with van der Waals surface area (Å²) in [4.78, 5) is 9.47. The van der Waals surface area contributed by atoms with Gasteiger partial charge in [-0.05, 0) is 64.4 Å². The monoisotopic (exact) mass is 355 g/mol. The molecule has 0 aromatic carbocycles. The number of nitrogens with one attached hydrogen (secondary N) is 1. The van der Waals surface area contributed by atoms with E-state index in [0.717, 1.165) is 31.0 Å². The van der Waals surface area contributed by atoms with Crippen LogP contribution in [0.25, 0.3) is 0 Å². The molecule has 0 saturated carbocycles. The minimum atomic E-state index is 0.300. The highest BCUT2D eigenvalue weighted by molar-refractivity contribution is 5.28. The van der Waals surface area contributed by atoms with E-state index in [1.54, 1.807) is 6.07 Å². The smallest absolute Gasteiger partial charge is 0.138 e. The number of piperidine rings is 1. The van der Waals surface area contributed by atoms with Crippen LogP contribution in [0.2, 0.25) is 0 Å². The maximum atomic E-state index is 10.1. The third-order valence-corrected chi connectivity index (χ3v) is 5.72. The Bertz CT molecular complexity index is 738. The molecule has 26 heavy (non-hydrogen) atoms. The molecule has 4 heterocycles. The second-order valence-corrected chi connectivity index (χ2v) is 7.78. The van der Waals surface area contributed by atoms with Crippen molar-refractivity contribution in [3.8, 4) is 5.75 Å². The van der Waals surface area contributed by atoms with E-state index in [9.17, 15) is 5.11 Å². The first-order chi connectivity index (χ1) is 12.7. The van der Waals surface area contributed by atoms with E-state index in [1.165, 1.54) is 50.0 Å². The zero-order chi connectivity index (χ0) is 17.9. The van der Waals surface area contributed by atoms with Gasteiger partial charge in [-0.15, -0.1) is 0 Å². The van der Waals surface area contributed by atoms with Gasteiger partial charge < -0.3 is 5.11 Å². The van der Waals surface area contributed by atoms with Crippen LogP contribution in [0.1, 0.15) is 54.2 Å². The van der Waals surface area contributed by atoms with Crippen LogP contribution in [0.15, 0.2) is 18.3 Å². The van der Waals surface area contributed by atoms with Gasteiger partial charge in [-0.25, -0.2) is 0 Å². The minimum Gasteiger partial charge on any atom is -0.506 e. The predicted molar refractivity (Wildman–Crippen MR) is 101 cm³/mol. The summed E-state index contributed by atoms with van der Waals surface area (Å²) in [5.41, 5.74) is 4.40. The third kappa shape index (κ3) is 3.91. The van der Waals surface area contributed by atoms with Crippen LogP contribution in [-0.4, -0.2) is 56.3 Å². The molecule has 0 bridgehead atoms. The molecular weight excluding hydrogens is 326 g/mol. The maximum absolute atomic E-state index is 10.1. The van der Waals surface area contributed by atoms with Crippen molar-refractivity contribution < 1.29 is 5.11 Å². The number of aromatic nitrogens is 3. The Morgan fingerprint density at radius 2 is 1.92 bits per heavy atom. The highest BCUT2D eigenvalue weighted by Crippen LogP contribution is 2.30. The fourth-order valence-corrected chi connectivity index (χ4v) is 4.35. The van der Waals surface area contributed by atoms with Crippen molar-refractivity contribution in [1.82, 2.24) is 25.0 Å². The third-order valence-electron chi connectivity index (χ3n) is 5.72. The first-order valence-corrected chi connectivity index (χ1v) is 9.81. The number of rotatable bonds is 5. The number of aromatic hydroxyl groups is 1. The number of aryl methyl sites for hydroxylation is 1. The molecule has 0 radical (unpaired) electrons. The Morgan fingerprint density at radius 3 is 2.77 bits per heavy atom. The van der Waals surface area contributed by atoms with Crippen LogP contribution in [0.4, 0.5) is 0 Å². The Morgan fingerprint density at radius 1 is 1.12 bits per heavy atom. The summed E-state index contributed by atoms with van der Waals surface area (Å²) in [5.74, 6) is 0.782. The van der Waals surface area contributed by atoms with E-state index in [-0.39, 0.29) is 0 Å². The summed E-state index contributed by atoms with van der Waals surface area (Å²) in [6.07, 6.45) is 7.01. The molecule has 1 atom stereocenters. The standard InChI is InChI=1S/C20H29N5O/c1-15-6-7-19(26)18(22-15)14-25-10-4-5-16(12-25)20-17(11-21-23-20)13-24-8-2-3-9-24/h6-7,11,16,26H,2-5,8-10,12-14H2,1H3,(H,21,23). The minimum absolute atomic E-state index is 0.300. The number of nitrogens with zero attached hydrogens (tertiary/aromatic N) is 4. The van der Waals surface area contributed by atoms with Gasteiger partial charge in [0.1, 0.15) is 5.75 Å². The van der Waals surface area contributed by atoms with E-state index in [4.69, 9.17) is 0 Å². The van der Waals surface area contributed by atoms with Crippen LogP contribution in [0, 0.1) is 6.92 Å². The Kier molecular flexibility index (Phi) is 5.22. The molecule has 6 heteroatoms. The highest BCUT2D eigenvalue weighted by Gasteiger charge is 2.26. The molecule has 0 aliphatic carbocycles. The van der Waals surface area contributed by atoms with Gasteiger partial charge in [0.15, 0.2) is 0 Å². The van der Waals surface area contributed by atoms with Gasteiger partial charge in [0.2, 0.25) is 0 Å². The molecule has 2 N–H and O–H groups in total. The molecule has 2 aliphatic rings. The normalized spacial score (nSPS) is 22.1. The largest absolute Gasteiger partial charge is 0.506 e. The molecule has 4 rings (SSSR count). The van der Waals surface area contributed by atoms with Crippen molar-refractivity contribution in [1.29, 1.82) is 0 Å². The number of H-pyrrole nitrogens is 1. The van der Waals surface area contributed by atoms with Crippen molar-refractivity contribution >= 4 is 0 Å². The lowest BCUT2D eigenvalue weighted by Crippen LogP contribution is -2.34. The van der Waals surface area contributed by atoms with Gasteiger partial charge in [-0.2, -0.15) is 5.10 Å². The van der Waals surface area contributed by atoms with Gasteiger partial charge in [-0.3, -0.25) is 19.9 Å². The molecule has 1 unspecified atom stereocenters. The molecule has 0 amide bonds. The van der Waals surface area contributed by atoms with Gasteiger partial charge in [0, 0.05) is 42.5 Å². The fraction of sp³-hybridized carbons (Fsp3) is 0.600. The summed E-state index contributed by atoms with van der Waals surface area (Å²) in [7, 11) is 0. The van der Waals surface area contributed by atoms with E-state index in [2.05, 4.69) is 25.0 Å². The van der Waals surface area contributed by atoms with E-state index >= 15 is 0 Å². The van der Waals surface area contributed by atoms with Crippen LogP contribution in [0.5, 0.6) is 5.75 Å². The lowest BCUT2D eigenvalue weighted by molar-refractivity contribution is 0.193. The number of hydrogen-bond donors (Lipinski definition) is 2. The van der Waals surface area contributed by atoms with Crippen molar-refractivity contribution in [2.45, 2.75) is 51.6 Å². The highest BCUT2D eigenvalue weighted by atomic mass is 16.3. The first-order valence-electron chi connectivity index (χ1n) is 9.81. The molecule has 0 spiro atoms.